The summed E-state index contributed by atoms with van der Waals surface area (Å²) in [7, 11) is 0. The fourth-order valence-electron chi connectivity index (χ4n) is 0.823. The summed E-state index contributed by atoms with van der Waals surface area (Å²) in [6.45, 7) is 6.28. The summed E-state index contributed by atoms with van der Waals surface area (Å²) in [4.78, 5) is 4.23. The normalized spacial score (nSPS) is 18.9. The highest BCUT2D eigenvalue weighted by Crippen LogP contribution is 2.12. The van der Waals surface area contributed by atoms with E-state index in [1.807, 2.05) is 13.1 Å². The first-order chi connectivity index (χ1) is 4.70. The molecule has 0 aromatic heterocycles. The number of nitrogens with zero attached hydrogens (tertiary/aromatic N) is 1. The molecule has 0 aromatic carbocycles. The molecule has 0 aromatic rings. The smallest absolute Gasteiger partial charge is 0.0336 e. The number of allylic oxidation sites excluding steroid dienone is 4. The molecule has 0 unspecified atom stereocenters. The fourth-order valence-corrected chi connectivity index (χ4v) is 0.823. The van der Waals surface area contributed by atoms with Crippen LogP contribution in [0.2, 0.25) is 0 Å². The van der Waals surface area contributed by atoms with Crippen molar-refractivity contribution >= 4 is 6.21 Å². The second kappa shape index (κ2) is 2.82. The molecule has 1 nitrogen and oxygen atoms in total. The summed E-state index contributed by atoms with van der Waals surface area (Å²) in [6.07, 6.45) is 5.15. The van der Waals surface area contributed by atoms with Gasteiger partial charge in [-0.1, -0.05) is 11.6 Å². The monoisotopic (exact) mass is 135 g/mol. The molecule has 1 aliphatic rings. The third-order valence-corrected chi connectivity index (χ3v) is 1.84. The Kier molecular flexibility index (Phi) is 2.05. The topological polar surface area (TPSA) is 12.4 Å². The Balaban J connectivity index is 2.89. The van der Waals surface area contributed by atoms with Crippen molar-refractivity contribution in [2.24, 2.45) is 4.99 Å². The lowest BCUT2D eigenvalue weighted by molar-refractivity contribution is 1.16. The van der Waals surface area contributed by atoms with Gasteiger partial charge in [0.15, 0.2) is 0 Å². The molecule has 1 heteroatoms. The predicted octanol–water partition coefficient (Wildman–Crippen LogP) is 2.70. The van der Waals surface area contributed by atoms with Crippen LogP contribution < -0.4 is 0 Å². The lowest BCUT2D eigenvalue weighted by Crippen LogP contribution is -1.81. The van der Waals surface area contributed by atoms with Crippen molar-refractivity contribution in [1.82, 2.24) is 0 Å². The molecule has 0 saturated carbocycles. The Morgan fingerprint density at radius 1 is 1.30 bits per heavy atom. The van der Waals surface area contributed by atoms with Gasteiger partial charge >= 0.3 is 0 Å². The molecule has 0 fully saturated rings. The van der Waals surface area contributed by atoms with E-state index >= 15 is 0 Å². The quantitative estimate of drug-likeness (QED) is 0.484. The zero-order chi connectivity index (χ0) is 7.56. The van der Waals surface area contributed by atoms with Gasteiger partial charge in [-0.25, -0.2) is 0 Å². The van der Waals surface area contributed by atoms with E-state index in [0.717, 1.165) is 12.1 Å². The van der Waals surface area contributed by atoms with E-state index in [4.69, 9.17) is 0 Å². The minimum Gasteiger partial charge on any atom is -0.262 e. The minimum absolute atomic E-state index is 1.05. The molecular weight excluding hydrogens is 122 g/mol. The van der Waals surface area contributed by atoms with E-state index in [-0.39, 0.29) is 0 Å². The second-order valence-corrected chi connectivity index (χ2v) is 2.77. The molecule has 0 saturated heterocycles. The first-order valence-electron chi connectivity index (χ1n) is 3.57. The summed E-state index contributed by atoms with van der Waals surface area (Å²) in [5.41, 5.74) is 3.84. The van der Waals surface area contributed by atoms with Gasteiger partial charge in [-0.15, -0.1) is 0 Å². The summed E-state index contributed by atoms with van der Waals surface area (Å²) in [5, 5.41) is 0. The van der Waals surface area contributed by atoms with Crippen LogP contribution in [0.25, 0.3) is 0 Å². The van der Waals surface area contributed by atoms with Gasteiger partial charge < -0.3 is 0 Å². The third kappa shape index (κ3) is 1.56. The Bertz CT molecular complexity index is 219. The zero-order valence-electron chi connectivity index (χ0n) is 6.81. The average molecular weight is 135 g/mol. The van der Waals surface area contributed by atoms with Gasteiger partial charge in [0.2, 0.25) is 0 Å². The largest absolute Gasteiger partial charge is 0.262 e. The molecular formula is C9H13N. The van der Waals surface area contributed by atoms with Gasteiger partial charge in [-0.2, -0.15) is 0 Å². The van der Waals surface area contributed by atoms with E-state index in [9.17, 15) is 0 Å². The average Bonchev–Trinajstić information content (AvgIpc) is 2.04. The standard InChI is InChI=1S/C9H13N/c1-7-4-5-9(3)10-6-8(7)2/h5-6H,4H2,1-3H3. The van der Waals surface area contributed by atoms with Crippen LogP contribution in [-0.4, -0.2) is 6.21 Å². The van der Waals surface area contributed by atoms with Gasteiger partial charge in [0.1, 0.15) is 0 Å². The maximum atomic E-state index is 4.23. The Morgan fingerprint density at radius 2 is 2.00 bits per heavy atom. The van der Waals surface area contributed by atoms with Crippen LogP contribution in [0, 0.1) is 0 Å². The summed E-state index contributed by atoms with van der Waals surface area (Å²) < 4.78 is 0. The third-order valence-electron chi connectivity index (χ3n) is 1.84. The van der Waals surface area contributed by atoms with Crippen LogP contribution in [0.15, 0.2) is 27.9 Å². The molecule has 0 amide bonds. The van der Waals surface area contributed by atoms with Gasteiger partial charge in [-0.3, -0.25) is 4.99 Å². The first-order valence-corrected chi connectivity index (χ1v) is 3.57. The Hall–Kier alpha value is -0.850. The molecule has 1 heterocycles. The molecule has 0 atom stereocenters. The molecule has 0 N–H and O–H groups in total. The van der Waals surface area contributed by atoms with Crippen LogP contribution >= 0.6 is 0 Å². The molecule has 54 valence electrons. The summed E-state index contributed by atoms with van der Waals surface area (Å²) >= 11 is 0. The predicted molar refractivity (Wildman–Crippen MR) is 45.2 cm³/mol. The van der Waals surface area contributed by atoms with E-state index in [1.165, 1.54) is 11.1 Å². The Morgan fingerprint density at radius 3 is 2.70 bits per heavy atom. The molecule has 0 spiro atoms. The van der Waals surface area contributed by atoms with E-state index in [0.29, 0.717) is 0 Å². The number of rotatable bonds is 0. The first kappa shape index (κ1) is 7.26. The molecule has 0 radical (unpaired) electrons. The lowest BCUT2D eigenvalue weighted by Gasteiger charge is -1.94. The van der Waals surface area contributed by atoms with Crippen LogP contribution in [-0.2, 0) is 0 Å². The highest BCUT2D eigenvalue weighted by Gasteiger charge is 1.96. The number of hydrogen-bond acceptors (Lipinski definition) is 1. The van der Waals surface area contributed by atoms with Gasteiger partial charge in [0.05, 0.1) is 0 Å². The fraction of sp³-hybridized carbons (Fsp3) is 0.444. The molecule has 1 aliphatic heterocycles. The molecule has 0 aliphatic carbocycles. The van der Waals surface area contributed by atoms with Crippen molar-refractivity contribution in [3.63, 3.8) is 0 Å². The van der Waals surface area contributed by atoms with Gasteiger partial charge in [0, 0.05) is 11.9 Å². The molecule has 10 heavy (non-hydrogen) atoms. The van der Waals surface area contributed by atoms with Gasteiger partial charge in [-0.05, 0) is 32.8 Å². The van der Waals surface area contributed by atoms with Crippen molar-refractivity contribution in [1.29, 1.82) is 0 Å². The lowest BCUT2D eigenvalue weighted by atomic mass is 10.1. The highest BCUT2D eigenvalue weighted by atomic mass is 14.7. The van der Waals surface area contributed by atoms with E-state index < -0.39 is 0 Å². The van der Waals surface area contributed by atoms with E-state index in [2.05, 4.69) is 24.9 Å². The van der Waals surface area contributed by atoms with Crippen molar-refractivity contribution in [3.05, 3.63) is 22.9 Å². The zero-order valence-corrected chi connectivity index (χ0v) is 6.81. The highest BCUT2D eigenvalue weighted by molar-refractivity contribution is 5.80. The van der Waals surface area contributed by atoms with Crippen LogP contribution in [0.3, 0.4) is 0 Å². The van der Waals surface area contributed by atoms with Crippen LogP contribution in [0.5, 0.6) is 0 Å². The molecule has 0 bridgehead atoms. The number of hydrogen-bond donors (Lipinski definition) is 0. The SMILES string of the molecule is CC1=CCC(C)=C(C)C=N1. The second-order valence-electron chi connectivity index (χ2n) is 2.77. The summed E-state index contributed by atoms with van der Waals surface area (Å²) in [6, 6.07) is 0. The van der Waals surface area contributed by atoms with Crippen LogP contribution in [0.4, 0.5) is 0 Å². The summed E-state index contributed by atoms with van der Waals surface area (Å²) in [5.74, 6) is 0. The molecule has 1 rings (SSSR count). The number of aliphatic imine (C=N–C) groups is 1. The van der Waals surface area contributed by atoms with Crippen molar-refractivity contribution in [2.45, 2.75) is 27.2 Å². The maximum absolute atomic E-state index is 4.23. The maximum Gasteiger partial charge on any atom is 0.0336 e. The van der Waals surface area contributed by atoms with E-state index in [1.54, 1.807) is 0 Å². The Labute approximate surface area is 62.2 Å². The van der Waals surface area contributed by atoms with Gasteiger partial charge in [0.25, 0.3) is 0 Å². The minimum atomic E-state index is 1.05. The van der Waals surface area contributed by atoms with Crippen molar-refractivity contribution < 1.29 is 0 Å². The van der Waals surface area contributed by atoms with Crippen molar-refractivity contribution in [2.75, 3.05) is 0 Å². The van der Waals surface area contributed by atoms with Crippen LogP contribution in [0.1, 0.15) is 27.2 Å². The van der Waals surface area contributed by atoms with Crippen molar-refractivity contribution in [3.8, 4) is 0 Å².